The number of hydrogen-bond acceptors (Lipinski definition) is 4. The molecular formula is C20H26N2O4. The van der Waals surface area contributed by atoms with E-state index in [2.05, 4.69) is 5.32 Å². The minimum atomic E-state index is -0.680. The summed E-state index contributed by atoms with van der Waals surface area (Å²) >= 11 is 0. The van der Waals surface area contributed by atoms with E-state index in [9.17, 15) is 9.59 Å². The van der Waals surface area contributed by atoms with E-state index in [0.717, 1.165) is 55.4 Å². The first-order valence-electron chi connectivity index (χ1n) is 9.55. The van der Waals surface area contributed by atoms with Gasteiger partial charge in [0.1, 0.15) is 17.4 Å². The third-order valence-corrected chi connectivity index (χ3v) is 5.69. The van der Waals surface area contributed by atoms with E-state index in [-0.39, 0.29) is 24.6 Å². The molecule has 0 radical (unpaired) electrons. The van der Waals surface area contributed by atoms with Crippen LogP contribution in [0.5, 0.6) is 5.75 Å². The number of urea groups is 1. The monoisotopic (exact) mass is 358 g/mol. The summed E-state index contributed by atoms with van der Waals surface area (Å²) in [4.78, 5) is 26.9. The lowest BCUT2D eigenvalue weighted by molar-refractivity contribution is -0.132. The van der Waals surface area contributed by atoms with Crippen molar-refractivity contribution in [2.24, 2.45) is 0 Å². The third kappa shape index (κ3) is 3.18. The normalized spacial score (nSPS) is 25.0. The van der Waals surface area contributed by atoms with Gasteiger partial charge in [0.15, 0.2) is 0 Å². The molecule has 0 unspecified atom stereocenters. The highest BCUT2D eigenvalue weighted by atomic mass is 16.5. The first kappa shape index (κ1) is 17.3. The Bertz CT molecular complexity index is 706. The van der Waals surface area contributed by atoms with Gasteiger partial charge in [-0.3, -0.25) is 9.69 Å². The molecule has 3 aliphatic rings. The van der Waals surface area contributed by atoms with Crippen molar-refractivity contribution in [3.8, 4) is 5.75 Å². The number of hydrogen-bond donors (Lipinski definition) is 1. The summed E-state index contributed by atoms with van der Waals surface area (Å²) in [6.45, 7) is 3.54. The molecule has 4 rings (SSSR count). The smallest absolute Gasteiger partial charge is 0.325 e. The zero-order valence-electron chi connectivity index (χ0n) is 15.3. The second-order valence-corrected chi connectivity index (χ2v) is 7.68. The van der Waals surface area contributed by atoms with Crippen LogP contribution in [0.3, 0.4) is 0 Å². The van der Waals surface area contributed by atoms with Crippen molar-refractivity contribution < 1.29 is 19.1 Å². The van der Waals surface area contributed by atoms with Crippen molar-refractivity contribution >= 4 is 11.9 Å². The molecule has 1 aromatic rings. The minimum Gasteiger partial charge on any atom is -0.488 e. The van der Waals surface area contributed by atoms with Gasteiger partial charge in [0.25, 0.3) is 5.91 Å². The van der Waals surface area contributed by atoms with Crippen molar-refractivity contribution in [3.63, 3.8) is 0 Å². The maximum absolute atomic E-state index is 13.0. The van der Waals surface area contributed by atoms with Gasteiger partial charge in [-0.05, 0) is 31.4 Å². The Kier molecular flexibility index (Phi) is 4.61. The number of imide groups is 1. The van der Waals surface area contributed by atoms with E-state index in [1.165, 1.54) is 4.90 Å². The van der Waals surface area contributed by atoms with E-state index in [4.69, 9.17) is 9.47 Å². The molecule has 140 valence electrons. The van der Waals surface area contributed by atoms with Crippen molar-refractivity contribution in [2.45, 2.75) is 63.6 Å². The van der Waals surface area contributed by atoms with Gasteiger partial charge in [0, 0.05) is 12.0 Å². The predicted octanol–water partition coefficient (Wildman–Crippen LogP) is 2.92. The van der Waals surface area contributed by atoms with Gasteiger partial charge in [-0.15, -0.1) is 0 Å². The fourth-order valence-corrected chi connectivity index (χ4v) is 4.17. The zero-order chi connectivity index (χ0) is 18.1. The lowest BCUT2D eigenvalue weighted by Gasteiger charge is -2.30. The fraction of sp³-hybridized carbons (Fsp3) is 0.600. The summed E-state index contributed by atoms with van der Waals surface area (Å²) in [7, 11) is 0. The topological polar surface area (TPSA) is 67.9 Å². The lowest BCUT2D eigenvalue weighted by atomic mass is 9.82. The quantitative estimate of drug-likeness (QED) is 0.841. The molecule has 2 saturated heterocycles. The van der Waals surface area contributed by atoms with Gasteiger partial charge < -0.3 is 14.8 Å². The molecule has 3 amide bonds. The SMILES string of the molecule is Cc1ccc(CN2C(=O)NC3(CCCCC3)C2=O)c(O[C@H]2CCOC2)c1. The van der Waals surface area contributed by atoms with E-state index < -0.39 is 5.54 Å². The van der Waals surface area contributed by atoms with Crippen molar-refractivity contribution in [1.82, 2.24) is 10.2 Å². The van der Waals surface area contributed by atoms with Crippen LogP contribution in [0.2, 0.25) is 0 Å². The van der Waals surface area contributed by atoms with E-state index in [1.54, 1.807) is 0 Å². The lowest BCUT2D eigenvalue weighted by Crippen LogP contribution is -2.48. The number of carbonyl (C=O) groups excluding carboxylic acids is 2. The molecule has 1 N–H and O–H groups in total. The molecule has 6 heteroatoms. The number of nitrogens with one attached hydrogen (secondary N) is 1. The molecule has 1 atom stereocenters. The van der Waals surface area contributed by atoms with E-state index in [0.29, 0.717) is 13.2 Å². The maximum Gasteiger partial charge on any atom is 0.325 e. The van der Waals surface area contributed by atoms with Gasteiger partial charge >= 0.3 is 6.03 Å². The number of aryl methyl sites for hydroxylation is 1. The van der Waals surface area contributed by atoms with Gasteiger partial charge in [-0.25, -0.2) is 4.79 Å². The highest BCUT2D eigenvalue weighted by Gasteiger charge is 2.51. The Morgan fingerprint density at radius 3 is 2.81 bits per heavy atom. The maximum atomic E-state index is 13.0. The van der Waals surface area contributed by atoms with Gasteiger partial charge in [0.2, 0.25) is 0 Å². The first-order valence-corrected chi connectivity index (χ1v) is 9.55. The third-order valence-electron chi connectivity index (χ3n) is 5.69. The molecule has 3 fully saturated rings. The van der Waals surface area contributed by atoms with Crippen LogP contribution >= 0.6 is 0 Å². The number of amides is 3. The number of benzene rings is 1. The Labute approximate surface area is 153 Å². The standard InChI is InChI=1S/C20H26N2O4/c1-14-5-6-15(17(11-14)26-16-7-10-25-13-16)12-22-18(23)20(21-19(22)24)8-3-2-4-9-20/h5-6,11,16H,2-4,7-10,12-13H2,1H3,(H,21,24)/t16-/m0/s1. The summed E-state index contributed by atoms with van der Waals surface area (Å²) in [5.41, 5.74) is 1.27. The van der Waals surface area contributed by atoms with Crippen LogP contribution in [-0.2, 0) is 16.1 Å². The Morgan fingerprint density at radius 1 is 1.27 bits per heavy atom. The van der Waals surface area contributed by atoms with Crippen LogP contribution in [-0.4, -0.2) is 41.7 Å². The van der Waals surface area contributed by atoms with Gasteiger partial charge in [-0.1, -0.05) is 31.4 Å². The number of ether oxygens (including phenoxy) is 2. The molecule has 26 heavy (non-hydrogen) atoms. The van der Waals surface area contributed by atoms with Crippen LogP contribution in [0.15, 0.2) is 18.2 Å². The molecule has 1 saturated carbocycles. The predicted molar refractivity (Wildman–Crippen MR) is 95.9 cm³/mol. The Morgan fingerprint density at radius 2 is 2.08 bits per heavy atom. The molecule has 1 spiro atoms. The molecule has 1 aromatic carbocycles. The summed E-state index contributed by atoms with van der Waals surface area (Å²) in [6, 6.07) is 5.63. The van der Waals surface area contributed by atoms with Crippen LogP contribution in [0.1, 0.15) is 49.7 Å². The van der Waals surface area contributed by atoms with Crippen LogP contribution in [0.25, 0.3) is 0 Å². The summed E-state index contributed by atoms with van der Waals surface area (Å²) in [5.74, 6) is 0.656. The van der Waals surface area contributed by atoms with Crippen LogP contribution in [0, 0.1) is 6.92 Å². The van der Waals surface area contributed by atoms with Crippen LogP contribution < -0.4 is 10.1 Å². The number of nitrogens with zero attached hydrogens (tertiary/aromatic N) is 1. The second-order valence-electron chi connectivity index (χ2n) is 7.68. The molecule has 0 bridgehead atoms. The van der Waals surface area contributed by atoms with Crippen molar-refractivity contribution in [3.05, 3.63) is 29.3 Å². The van der Waals surface area contributed by atoms with Crippen molar-refractivity contribution in [2.75, 3.05) is 13.2 Å². The molecular weight excluding hydrogens is 332 g/mol. The number of carbonyl (C=O) groups is 2. The average Bonchev–Trinajstić information content (AvgIpc) is 3.21. The Balaban J connectivity index is 1.54. The number of rotatable bonds is 4. The summed E-state index contributed by atoms with van der Waals surface area (Å²) in [6.07, 6.45) is 5.48. The first-order chi connectivity index (χ1) is 12.6. The molecule has 2 heterocycles. The zero-order valence-corrected chi connectivity index (χ0v) is 15.3. The van der Waals surface area contributed by atoms with Gasteiger partial charge in [0.05, 0.1) is 19.8 Å². The van der Waals surface area contributed by atoms with Crippen LogP contribution in [0.4, 0.5) is 4.79 Å². The minimum absolute atomic E-state index is 0.0309. The van der Waals surface area contributed by atoms with Crippen molar-refractivity contribution in [1.29, 1.82) is 0 Å². The fourth-order valence-electron chi connectivity index (χ4n) is 4.17. The summed E-state index contributed by atoms with van der Waals surface area (Å²) < 4.78 is 11.5. The molecule has 1 aliphatic carbocycles. The Hall–Kier alpha value is -2.08. The highest BCUT2D eigenvalue weighted by molar-refractivity contribution is 6.07. The largest absolute Gasteiger partial charge is 0.488 e. The highest BCUT2D eigenvalue weighted by Crippen LogP contribution is 2.35. The molecule has 6 nitrogen and oxygen atoms in total. The van der Waals surface area contributed by atoms with E-state index >= 15 is 0 Å². The van der Waals surface area contributed by atoms with Gasteiger partial charge in [-0.2, -0.15) is 0 Å². The molecule has 0 aromatic heterocycles. The second kappa shape index (κ2) is 6.91. The summed E-state index contributed by atoms with van der Waals surface area (Å²) in [5, 5.41) is 2.97. The molecule has 2 aliphatic heterocycles. The average molecular weight is 358 g/mol. The van der Waals surface area contributed by atoms with E-state index in [1.807, 2.05) is 25.1 Å².